The molecule has 0 aliphatic rings. The summed E-state index contributed by atoms with van der Waals surface area (Å²) in [7, 11) is 0. The highest BCUT2D eigenvalue weighted by atomic mass is 14.9. The van der Waals surface area contributed by atoms with Crippen molar-refractivity contribution in [1.82, 2.24) is 0 Å². The van der Waals surface area contributed by atoms with Gasteiger partial charge in [0.1, 0.15) is 0 Å². The molecule has 6 aromatic rings. The van der Waals surface area contributed by atoms with Gasteiger partial charge in [0.05, 0.1) is 0 Å². The van der Waals surface area contributed by atoms with E-state index >= 15 is 0 Å². The van der Waals surface area contributed by atoms with Gasteiger partial charge in [0.25, 0.3) is 0 Å². The second kappa shape index (κ2) is 15.5. The summed E-state index contributed by atoms with van der Waals surface area (Å²) in [5, 5.41) is 7.19. The van der Waals surface area contributed by atoms with Crippen LogP contribution in [0.1, 0.15) is 56.2 Å². The maximum absolute atomic E-state index is 3.64. The number of unbranched alkanes of at least 4 members (excludes halogenated alkanes) is 2. The standard InChI is InChI=1S/C45H46N2/c1-4-6-8-34-12-24-40(25-13-34)46-42-28-22-37(23-29-42)36-18-20-38(21-19-36)44-31-30-43(32-45(44)39-16-10-33(3)11-17-39)47-41-26-14-35(15-27-41)9-7-5-2/h10-32,46-47H,4-9H2,1-3H3. The summed E-state index contributed by atoms with van der Waals surface area (Å²) in [6.07, 6.45) is 7.20. The van der Waals surface area contributed by atoms with Crippen molar-refractivity contribution >= 4 is 22.7 Å². The van der Waals surface area contributed by atoms with Crippen LogP contribution in [0.5, 0.6) is 0 Å². The number of aryl methyl sites for hydroxylation is 3. The van der Waals surface area contributed by atoms with Crippen LogP contribution in [0.4, 0.5) is 22.7 Å². The molecule has 0 radical (unpaired) electrons. The van der Waals surface area contributed by atoms with Gasteiger partial charge in [-0.25, -0.2) is 0 Å². The molecule has 2 nitrogen and oxygen atoms in total. The van der Waals surface area contributed by atoms with Crippen molar-refractivity contribution in [3.8, 4) is 33.4 Å². The van der Waals surface area contributed by atoms with E-state index in [0.717, 1.165) is 35.6 Å². The number of hydrogen-bond donors (Lipinski definition) is 2. The summed E-state index contributed by atoms with van der Waals surface area (Å²) < 4.78 is 0. The first-order valence-corrected chi connectivity index (χ1v) is 17.2. The molecule has 47 heavy (non-hydrogen) atoms. The molecule has 0 aliphatic heterocycles. The van der Waals surface area contributed by atoms with E-state index in [4.69, 9.17) is 0 Å². The minimum atomic E-state index is 1.09. The quantitative estimate of drug-likeness (QED) is 0.135. The van der Waals surface area contributed by atoms with Crippen LogP contribution in [-0.2, 0) is 12.8 Å². The third kappa shape index (κ3) is 8.40. The van der Waals surface area contributed by atoms with E-state index in [0.29, 0.717) is 0 Å². The Morgan fingerprint density at radius 3 is 1.28 bits per heavy atom. The Labute approximate surface area is 281 Å². The Morgan fingerprint density at radius 1 is 0.383 bits per heavy atom. The molecule has 6 rings (SSSR count). The summed E-state index contributed by atoms with van der Waals surface area (Å²) in [6.45, 7) is 6.62. The van der Waals surface area contributed by atoms with Crippen LogP contribution in [0.2, 0.25) is 0 Å². The summed E-state index contributed by atoms with van der Waals surface area (Å²) in [5.41, 5.74) is 15.7. The van der Waals surface area contributed by atoms with E-state index in [1.54, 1.807) is 0 Å². The molecule has 2 N–H and O–H groups in total. The summed E-state index contributed by atoms with van der Waals surface area (Å²) in [5.74, 6) is 0. The van der Waals surface area contributed by atoms with Gasteiger partial charge in [0.15, 0.2) is 0 Å². The maximum atomic E-state index is 3.64. The first kappa shape index (κ1) is 31.9. The average Bonchev–Trinajstić information content (AvgIpc) is 3.12. The number of benzene rings is 6. The predicted molar refractivity (Wildman–Crippen MR) is 204 cm³/mol. The highest BCUT2D eigenvalue weighted by Gasteiger charge is 2.11. The van der Waals surface area contributed by atoms with Gasteiger partial charge >= 0.3 is 0 Å². The normalized spacial score (nSPS) is 11.0. The zero-order valence-corrected chi connectivity index (χ0v) is 28.0. The van der Waals surface area contributed by atoms with Gasteiger partial charge in [0.2, 0.25) is 0 Å². The van der Waals surface area contributed by atoms with Gasteiger partial charge < -0.3 is 10.6 Å². The molecule has 0 amide bonds. The SMILES string of the molecule is CCCCc1ccc(Nc2ccc(-c3ccc(-c4ccc(Nc5ccc(CCCC)cc5)cc4-c4ccc(C)cc4)cc3)cc2)cc1. The minimum absolute atomic E-state index is 1.09. The Morgan fingerprint density at radius 2 is 0.766 bits per heavy atom. The van der Waals surface area contributed by atoms with E-state index in [-0.39, 0.29) is 0 Å². The molecule has 0 spiro atoms. The number of anilines is 4. The van der Waals surface area contributed by atoms with Crippen LogP contribution in [0.15, 0.2) is 140 Å². The second-order valence-corrected chi connectivity index (χ2v) is 12.6. The first-order valence-electron chi connectivity index (χ1n) is 17.2. The molecule has 6 aromatic carbocycles. The monoisotopic (exact) mass is 614 g/mol. The molecule has 0 heterocycles. The van der Waals surface area contributed by atoms with Crippen molar-refractivity contribution in [1.29, 1.82) is 0 Å². The Balaban J connectivity index is 1.19. The lowest BCUT2D eigenvalue weighted by molar-refractivity contribution is 0.795. The van der Waals surface area contributed by atoms with Crippen LogP contribution in [0.3, 0.4) is 0 Å². The molecule has 0 fully saturated rings. The molecule has 236 valence electrons. The largest absolute Gasteiger partial charge is 0.356 e. The third-order valence-electron chi connectivity index (χ3n) is 8.92. The highest BCUT2D eigenvalue weighted by Crippen LogP contribution is 2.36. The zero-order chi connectivity index (χ0) is 32.4. The van der Waals surface area contributed by atoms with Gasteiger partial charge in [0, 0.05) is 22.7 Å². The van der Waals surface area contributed by atoms with Crippen molar-refractivity contribution in [3.63, 3.8) is 0 Å². The molecule has 0 aliphatic carbocycles. The summed E-state index contributed by atoms with van der Waals surface area (Å²) >= 11 is 0. The third-order valence-corrected chi connectivity index (χ3v) is 8.92. The van der Waals surface area contributed by atoms with E-state index in [9.17, 15) is 0 Å². The van der Waals surface area contributed by atoms with Crippen LogP contribution >= 0.6 is 0 Å². The fourth-order valence-corrected chi connectivity index (χ4v) is 6.04. The van der Waals surface area contributed by atoms with Crippen LogP contribution in [0, 0.1) is 6.92 Å². The van der Waals surface area contributed by atoms with Gasteiger partial charge in [-0.2, -0.15) is 0 Å². The van der Waals surface area contributed by atoms with Crippen molar-refractivity contribution in [2.24, 2.45) is 0 Å². The lowest BCUT2D eigenvalue weighted by atomic mass is 9.92. The maximum Gasteiger partial charge on any atom is 0.0390 e. The van der Waals surface area contributed by atoms with Crippen molar-refractivity contribution in [3.05, 3.63) is 156 Å². The number of nitrogens with one attached hydrogen (secondary N) is 2. The lowest BCUT2D eigenvalue weighted by Crippen LogP contribution is -1.94. The minimum Gasteiger partial charge on any atom is -0.356 e. The van der Waals surface area contributed by atoms with E-state index in [2.05, 4.69) is 171 Å². The number of hydrogen-bond acceptors (Lipinski definition) is 2. The van der Waals surface area contributed by atoms with Gasteiger partial charge in [-0.15, -0.1) is 0 Å². The average molecular weight is 615 g/mol. The molecule has 0 saturated heterocycles. The second-order valence-electron chi connectivity index (χ2n) is 12.6. The molecule has 0 saturated carbocycles. The topological polar surface area (TPSA) is 24.1 Å². The van der Waals surface area contributed by atoms with E-state index in [1.165, 1.54) is 75.8 Å². The van der Waals surface area contributed by atoms with Crippen LogP contribution < -0.4 is 10.6 Å². The summed E-state index contributed by atoms with van der Waals surface area (Å²) in [4.78, 5) is 0. The molecular formula is C45H46N2. The van der Waals surface area contributed by atoms with Crippen LogP contribution in [0.25, 0.3) is 33.4 Å². The van der Waals surface area contributed by atoms with E-state index in [1.807, 2.05) is 0 Å². The molecule has 0 atom stereocenters. The van der Waals surface area contributed by atoms with Crippen molar-refractivity contribution in [2.45, 2.75) is 59.3 Å². The van der Waals surface area contributed by atoms with E-state index < -0.39 is 0 Å². The summed E-state index contributed by atoms with van der Waals surface area (Å²) in [6, 6.07) is 50.9. The molecule has 0 aromatic heterocycles. The highest BCUT2D eigenvalue weighted by molar-refractivity contribution is 5.87. The first-order chi connectivity index (χ1) is 23.1. The predicted octanol–water partition coefficient (Wildman–Crippen LogP) is 13.2. The van der Waals surface area contributed by atoms with Crippen LogP contribution in [-0.4, -0.2) is 0 Å². The van der Waals surface area contributed by atoms with Gasteiger partial charge in [-0.1, -0.05) is 123 Å². The molecule has 2 heteroatoms. The number of rotatable bonds is 13. The fraction of sp³-hybridized carbons (Fsp3) is 0.200. The Bertz CT molecular complexity index is 1850. The lowest BCUT2D eigenvalue weighted by Gasteiger charge is -2.15. The fourth-order valence-electron chi connectivity index (χ4n) is 6.04. The molecular weight excluding hydrogens is 569 g/mol. The van der Waals surface area contributed by atoms with Crippen molar-refractivity contribution < 1.29 is 0 Å². The Hall–Kier alpha value is -5.08. The Kier molecular flexibility index (Phi) is 10.5. The molecule has 0 unspecified atom stereocenters. The molecule has 0 bridgehead atoms. The zero-order valence-electron chi connectivity index (χ0n) is 28.0. The van der Waals surface area contributed by atoms with Gasteiger partial charge in [-0.3, -0.25) is 0 Å². The smallest absolute Gasteiger partial charge is 0.0390 e. The van der Waals surface area contributed by atoms with Gasteiger partial charge in [-0.05, 0) is 126 Å². The van der Waals surface area contributed by atoms with Crippen molar-refractivity contribution in [2.75, 3.05) is 10.6 Å².